The van der Waals surface area contributed by atoms with Crippen molar-refractivity contribution in [3.8, 4) is 0 Å². The molecule has 0 spiro atoms. The molecule has 1 heterocycles. The van der Waals surface area contributed by atoms with Crippen molar-refractivity contribution in [1.29, 1.82) is 0 Å². The van der Waals surface area contributed by atoms with Crippen LogP contribution in [0.25, 0.3) is 0 Å². The van der Waals surface area contributed by atoms with E-state index < -0.39 is 0 Å². The van der Waals surface area contributed by atoms with Gasteiger partial charge in [-0.1, -0.05) is 41.7 Å². The summed E-state index contributed by atoms with van der Waals surface area (Å²) in [5, 5.41) is -0.225. The Labute approximate surface area is 103 Å². The number of amides is 1. The number of primary amides is 1. The Morgan fingerprint density at radius 1 is 1.56 bits per heavy atom. The summed E-state index contributed by atoms with van der Waals surface area (Å²) >= 11 is 3.09. The lowest BCUT2D eigenvalue weighted by molar-refractivity contribution is -0.117. The van der Waals surface area contributed by atoms with Crippen molar-refractivity contribution in [2.45, 2.75) is 17.9 Å². The van der Waals surface area contributed by atoms with Gasteiger partial charge in [-0.3, -0.25) is 4.79 Å². The molecule has 0 aliphatic carbocycles. The van der Waals surface area contributed by atoms with Gasteiger partial charge in [0.15, 0.2) is 0 Å². The summed E-state index contributed by atoms with van der Waals surface area (Å²) in [6, 6.07) is 8.05. The maximum Gasteiger partial charge on any atom is 0.230 e. The molecule has 16 heavy (non-hydrogen) atoms. The maximum atomic E-state index is 11.0. The fourth-order valence-electron chi connectivity index (χ4n) is 1.28. The van der Waals surface area contributed by atoms with Gasteiger partial charge in [-0.05, 0) is 18.6 Å². The van der Waals surface area contributed by atoms with E-state index in [9.17, 15) is 4.79 Å². The Balaban J connectivity index is 2.15. The third kappa shape index (κ3) is 2.59. The topological polar surface area (TPSA) is 55.4 Å². The van der Waals surface area contributed by atoms with Gasteiger partial charge in [-0.15, -0.1) is 0 Å². The van der Waals surface area contributed by atoms with Crippen molar-refractivity contribution < 1.29 is 4.79 Å². The monoisotopic (exact) mass is 252 g/mol. The Morgan fingerprint density at radius 2 is 2.31 bits per heavy atom. The lowest BCUT2D eigenvalue weighted by Crippen LogP contribution is -2.23. The van der Waals surface area contributed by atoms with Gasteiger partial charge in [0.25, 0.3) is 0 Å². The third-order valence-corrected chi connectivity index (χ3v) is 4.55. The number of hydrogen-bond donors (Lipinski definition) is 1. The van der Waals surface area contributed by atoms with Crippen molar-refractivity contribution in [3.63, 3.8) is 0 Å². The van der Waals surface area contributed by atoms with Gasteiger partial charge in [-0.2, -0.15) is 0 Å². The van der Waals surface area contributed by atoms with Crippen molar-refractivity contribution in [2.24, 2.45) is 10.7 Å². The van der Waals surface area contributed by atoms with Crippen LogP contribution in [0, 0.1) is 0 Å². The lowest BCUT2D eigenvalue weighted by Gasteiger charge is -2.15. The molecule has 84 valence electrons. The molecule has 0 fully saturated rings. The molecule has 1 aromatic carbocycles. The first-order valence-electron chi connectivity index (χ1n) is 4.92. The first kappa shape index (κ1) is 11.5. The number of rotatable bonds is 2. The molecule has 0 bridgehead atoms. The smallest absolute Gasteiger partial charge is 0.230 e. The number of fused-ring (bicyclic) bond motifs is 1. The molecular weight excluding hydrogens is 240 g/mol. The van der Waals surface area contributed by atoms with Gasteiger partial charge < -0.3 is 5.73 Å². The summed E-state index contributed by atoms with van der Waals surface area (Å²) in [5.41, 5.74) is 7.46. The molecule has 1 amide bonds. The molecule has 0 radical (unpaired) electrons. The molecule has 2 rings (SSSR count). The minimum atomic E-state index is -0.299. The highest BCUT2D eigenvalue weighted by Crippen LogP contribution is 2.35. The Kier molecular flexibility index (Phi) is 3.56. The molecule has 0 saturated heterocycles. The number of nitrogens with two attached hydrogens (primary N) is 1. The van der Waals surface area contributed by atoms with Crippen LogP contribution in [-0.2, 0) is 10.5 Å². The Bertz CT molecular complexity index is 445. The van der Waals surface area contributed by atoms with Crippen LogP contribution in [0.2, 0.25) is 0 Å². The van der Waals surface area contributed by atoms with Crippen LogP contribution < -0.4 is 5.73 Å². The molecule has 0 unspecified atom stereocenters. The predicted molar refractivity (Wildman–Crippen MR) is 71.1 cm³/mol. The Hall–Kier alpha value is -0.940. The van der Waals surface area contributed by atoms with E-state index in [1.807, 2.05) is 18.2 Å². The molecule has 0 aromatic heterocycles. The zero-order valence-corrected chi connectivity index (χ0v) is 10.5. The van der Waals surface area contributed by atoms with Crippen molar-refractivity contribution >= 4 is 39.5 Å². The van der Waals surface area contributed by atoms with E-state index in [1.165, 1.54) is 17.3 Å². The fourth-order valence-corrected chi connectivity index (χ4v) is 3.42. The van der Waals surface area contributed by atoms with Crippen LogP contribution in [-0.4, -0.2) is 15.5 Å². The number of carbonyl (C=O) groups is 1. The second-order valence-corrected chi connectivity index (χ2v) is 6.01. The number of para-hydroxylation sites is 1. The van der Waals surface area contributed by atoms with Crippen LogP contribution in [0.4, 0.5) is 5.69 Å². The zero-order chi connectivity index (χ0) is 11.5. The van der Waals surface area contributed by atoms with Gasteiger partial charge in [0, 0.05) is 5.75 Å². The molecular formula is C11H12N2OS2. The van der Waals surface area contributed by atoms with E-state index in [1.54, 1.807) is 18.7 Å². The third-order valence-electron chi connectivity index (χ3n) is 2.23. The predicted octanol–water partition coefficient (Wildman–Crippen LogP) is 2.53. The van der Waals surface area contributed by atoms with Gasteiger partial charge in [0.1, 0.15) is 4.38 Å². The highest BCUT2D eigenvalue weighted by Gasteiger charge is 2.17. The molecule has 2 N–H and O–H groups in total. The summed E-state index contributed by atoms with van der Waals surface area (Å²) < 4.78 is 0.921. The van der Waals surface area contributed by atoms with Crippen LogP contribution in [0.3, 0.4) is 0 Å². The van der Waals surface area contributed by atoms with Crippen LogP contribution in [0.15, 0.2) is 29.3 Å². The van der Waals surface area contributed by atoms with Gasteiger partial charge in [0.05, 0.1) is 10.9 Å². The first-order chi connectivity index (χ1) is 7.66. The highest BCUT2D eigenvalue weighted by atomic mass is 32.2. The number of benzene rings is 1. The second-order valence-electron chi connectivity index (χ2n) is 3.46. The van der Waals surface area contributed by atoms with E-state index in [2.05, 4.69) is 11.1 Å². The molecule has 0 saturated carbocycles. The Morgan fingerprint density at radius 3 is 3.06 bits per heavy atom. The molecule has 1 atom stereocenters. The molecule has 1 aliphatic rings. The number of nitrogens with zero attached hydrogens (tertiary/aromatic N) is 1. The SMILES string of the molecule is C[C@H](SC1=Nc2ccccc2CS1)C(N)=O. The number of carbonyl (C=O) groups excluding carboxylic acids is 1. The van der Waals surface area contributed by atoms with E-state index in [-0.39, 0.29) is 11.2 Å². The normalized spacial score (nSPS) is 16.2. The largest absolute Gasteiger partial charge is 0.369 e. The maximum absolute atomic E-state index is 11.0. The summed E-state index contributed by atoms with van der Waals surface area (Å²) in [4.78, 5) is 15.5. The minimum absolute atomic E-state index is 0.225. The molecule has 5 heteroatoms. The van der Waals surface area contributed by atoms with Crippen molar-refractivity contribution in [2.75, 3.05) is 0 Å². The van der Waals surface area contributed by atoms with E-state index in [0.717, 1.165) is 15.8 Å². The average molecular weight is 252 g/mol. The number of aliphatic imine (C=N–C) groups is 1. The van der Waals surface area contributed by atoms with Crippen LogP contribution in [0.5, 0.6) is 0 Å². The fraction of sp³-hybridized carbons (Fsp3) is 0.273. The number of hydrogen-bond acceptors (Lipinski definition) is 4. The quantitative estimate of drug-likeness (QED) is 0.880. The highest BCUT2D eigenvalue weighted by molar-refractivity contribution is 8.39. The van der Waals surface area contributed by atoms with Gasteiger partial charge in [-0.25, -0.2) is 4.99 Å². The molecule has 3 nitrogen and oxygen atoms in total. The van der Waals surface area contributed by atoms with Crippen LogP contribution >= 0.6 is 23.5 Å². The first-order valence-corrected chi connectivity index (χ1v) is 6.78. The molecule has 1 aromatic rings. The summed E-state index contributed by atoms with van der Waals surface area (Å²) in [6.07, 6.45) is 0. The zero-order valence-electron chi connectivity index (χ0n) is 8.84. The van der Waals surface area contributed by atoms with E-state index in [0.29, 0.717) is 0 Å². The minimum Gasteiger partial charge on any atom is -0.369 e. The summed E-state index contributed by atoms with van der Waals surface area (Å²) in [6.45, 7) is 1.80. The summed E-state index contributed by atoms with van der Waals surface area (Å²) in [7, 11) is 0. The summed E-state index contributed by atoms with van der Waals surface area (Å²) in [5.74, 6) is 0.611. The van der Waals surface area contributed by atoms with E-state index >= 15 is 0 Å². The van der Waals surface area contributed by atoms with Gasteiger partial charge in [0.2, 0.25) is 5.91 Å². The van der Waals surface area contributed by atoms with Crippen molar-refractivity contribution in [3.05, 3.63) is 29.8 Å². The van der Waals surface area contributed by atoms with Gasteiger partial charge >= 0.3 is 0 Å². The number of thioether (sulfide) groups is 2. The van der Waals surface area contributed by atoms with E-state index in [4.69, 9.17) is 5.73 Å². The average Bonchev–Trinajstić information content (AvgIpc) is 2.28. The lowest BCUT2D eigenvalue weighted by atomic mass is 10.2. The standard InChI is InChI=1S/C11H12N2OS2/c1-7(10(12)14)16-11-13-9-5-3-2-4-8(9)6-15-11/h2-5,7H,6H2,1H3,(H2,12,14)/t7-/m0/s1. The second kappa shape index (κ2) is 4.93. The van der Waals surface area contributed by atoms with Crippen molar-refractivity contribution in [1.82, 2.24) is 0 Å². The molecule has 1 aliphatic heterocycles. The van der Waals surface area contributed by atoms with Crippen LogP contribution in [0.1, 0.15) is 12.5 Å².